The molecular formula is C30H27N2O+. The largest absolute Gasteiger partial charge is 0.454 e. The zero-order valence-corrected chi connectivity index (χ0v) is 19.3. The highest BCUT2D eigenvalue weighted by atomic mass is 16.3. The molecule has 0 radical (unpaired) electrons. The Morgan fingerprint density at radius 3 is 2.39 bits per heavy atom. The first-order chi connectivity index (χ1) is 18.0. The molecule has 0 aliphatic carbocycles. The molecule has 0 aliphatic rings. The summed E-state index contributed by atoms with van der Waals surface area (Å²) in [5.74, 6) is 0.374. The van der Waals surface area contributed by atoms with Crippen molar-refractivity contribution < 1.29 is 15.8 Å². The van der Waals surface area contributed by atoms with E-state index in [0.717, 1.165) is 27.8 Å². The van der Waals surface area contributed by atoms with Crippen molar-refractivity contribution in [2.45, 2.75) is 33.6 Å². The summed E-state index contributed by atoms with van der Waals surface area (Å²) in [6, 6.07) is 9.82. The van der Waals surface area contributed by atoms with E-state index < -0.39 is 18.1 Å². The van der Waals surface area contributed by atoms with Gasteiger partial charge in [-0.25, -0.2) is 4.57 Å². The smallest absolute Gasteiger partial charge is 0.216 e. The van der Waals surface area contributed by atoms with Gasteiger partial charge in [0.1, 0.15) is 18.2 Å². The van der Waals surface area contributed by atoms with E-state index in [2.05, 4.69) is 48.9 Å². The molecule has 0 saturated heterocycles. The van der Waals surface area contributed by atoms with Crippen molar-refractivity contribution in [3.63, 3.8) is 0 Å². The third-order valence-corrected chi connectivity index (χ3v) is 6.26. The van der Waals surface area contributed by atoms with Crippen molar-refractivity contribution in [1.82, 2.24) is 0 Å². The predicted octanol–water partition coefficient (Wildman–Crippen LogP) is 7.36. The number of aryl methyl sites for hydroxylation is 3. The van der Waals surface area contributed by atoms with Crippen LogP contribution in [0, 0.1) is 25.2 Å². The highest BCUT2D eigenvalue weighted by Gasteiger charge is 2.25. The summed E-state index contributed by atoms with van der Waals surface area (Å²) in [6.07, 6.45) is 2.10. The zero-order valence-electron chi connectivity index (χ0n) is 24.3. The highest BCUT2D eigenvalue weighted by molar-refractivity contribution is 6.16. The quantitative estimate of drug-likeness (QED) is 0.277. The lowest BCUT2D eigenvalue weighted by Crippen LogP contribution is -2.31. The van der Waals surface area contributed by atoms with Gasteiger partial charge in [-0.3, -0.25) is 0 Å². The van der Waals surface area contributed by atoms with Crippen LogP contribution in [-0.2, 0) is 7.05 Å². The van der Waals surface area contributed by atoms with Crippen LogP contribution < -0.4 is 4.57 Å². The van der Waals surface area contributed by atoms with Crippen LogP contribution in [0.25, 0.3) is 44.3 Å². The van der Waals surface area contributed by atoms with Crippen molar-refractivity contribution in [2.75, 3.05) is 0 Å². The summed E-state index contributed by atoms with van der Waals surface area (Å²) >= 11 is 0. The topological polar surface area (TPSA) is 40.8 Å². The van der Waals surface area contributed by atoms with Crippen LogP contribution in [0.1, 0.15) is 48.9 Å². The van der Waals surface area contributed by atoms with E-state index in [9.17, 15) is 5.26 Å². The molecule has 3 nitrogen and oxygen atoms in total. The van der Waals surface area contributed by atoms with Crippen molar-refractivity contribution >= 4 is 21.9 Å². The summed E-state index contributed by atoms with van der Waals surface area (Å²) in [6.45, 7) is 8.28. The Hall–Kier alpha value is -3.90. The standard InChI is InChI=1S/C30H27N2O/c1-18(2)23-12-14-25(32(5)17-23)26-19(3)15-20(4)27-28-22(16-31)11-13-24(29(28)33-30(26)27)21-9-7-6-8-10-21/h6-15,17-18H,1-5H3/q+1/i6D,7D,8D,9D,10D. The van der Waals surface area contributed by atoms with E-state index >= 15 is 0 Å². The molecule has 2 aromatic heterocycles. The van der Waals surface area contributed by atoms with E-state index in [4.69, 9.17) is 11.3 Å². The predicted molar refractivity (Wildman–Crippen MR) is 134 cm³/mol. The van der Waals surface area contributed by atoms with Gasteiger partial charge in [-0.2, -0.15) is 5.26 Å². The number of aromatic nitrogens is 1. The maximum absolute atomic E-state index is 10.0. The molecule has 0 bridgehead atoms. The Morgan fingerprint density at radius 2 is 1.73 bits per heavy atom. The molecule has 0 fully saturated rings. The van der Waals surface area contributed by atoms with Gasteiger partial charge >= 0.3 is 0 Å². The summed E-state index contributed by atoms with van der Waals surface area (Å²) in [4.78, 5) is 0. The number of fused-ring (bicyclic) bond motifs is 3. The monoisotopic (exact) mass is 436 g/mol. The van der Waals surface area contributed by atoms with Crippen LogP contribution in [0.4, 0.5) is 0 Å². The van der Waals surface area contributed by atoms with Gasteiger partial charge in [0.05, 0.1) is 24.0 Å². The molecule has 162 valence electrons. The Bertz CT molecular complexity index is 1820. The minimum absolute atomic E-state index is 0.0484. The van der Waals surface area contributed by atoms with E-state index in [0.29, 0.717) is 33.6 Å². The third kappa shape index (κ3) is 3.31. The zero-order chi connectivity index (χ0) is 27.6. The van der Waals surface area contributed by atoms with Crippen LogP contribution in [0.3, 0.4) is 0 Å². The lowest BCUT2D eigenvalue weighted by molar-refractivity contribution is -0.660. The van der Waals surface area contributed by atoms with Gasteiger partial charge < -0.3 is 4.42 Å². The van der Waals surface area contributed by atoms with Crippen LogP contribution >= 0.6 is 0 Å². The van der Waals surface area contributed by atoms with Crippen molar-refractivity contribution in [3.05, 3.63) is 89.0 Å². The molecular weight excluding hydrogens is 404 g/mol. The molecule has 5 rings (SSSR count). The van der Waals surface area contributed by atoms with Gasteiger partial charge in [0.25, 0.3) is 0 Å². The van der Waals surface area contributed by atoms with Crippen molar-refractivity contribution in [3.8, 4) is 28.5 Å². The Kier molecular flexibility index (Phi) is 3.79. The number of benzene rings is 3. The number of pyridine rings is 1. The third-order valence-electron chi connectivity index (χ3n) is 6.26. The van der Waals surface area contributed by atoms with Gasteiger partial charge in [0.2, 0.25) is 5.69 Å². The first-order valence-corrected chi connectivity index (χ1v) is 10.9. The van der Waals surface area contributed by atoms with Crippen molar-refractivity contribution in [2.24, 2.45) is 7.05 Å². The molecule has 33 heavy (non-hydrogen) atoms. The van der Waals surface area contributed by atoms with E-state index in [-0.39, 0.29) is 17.6 Å². The second-order valence-electron chi connectivity index (χ2n) is 8.78. The lowest BCUT2D eigenvalue weighted by Gasteiger charge is -2.10. The molecule has 0 spiro atoms. The molecule has 0 atom stereocenters. The number of rotatable bonds is 3. The second kappa shape index (κ2) is 7.90. The van der Waals surface area contributed by atoms with Crippen LogP contribution in [-0.4, -0.2) is 0 Å². The molecule has 0 aliphatic heterocycles. The minimum Gasteiger partial charge on any atom is -0.454 e. The Morgan fingerprint density at radius 1 is 0.970 bits per heavy atom. The molecule has 0 N–H and O–H groups in total. The Balaban J connectivity index is 1.96. The number of nitriles is 1. The fourth-order valence-corrected chi connectivity index (χ4v) is 4.63. The summed E-state index contributed by atoms with van der Waals surface area (Å²) in [5, 5.41) is 11.4. The number of nitrogens with zero attached hydrogens (tertiary/aromatic N) is 2. The van der Waals surface area contributed by atoms with Gasteiger partial charge in [-0.05, 0) is 54.7 Å². The van der Waals surface area contributed by atoms with Gasteiger partial charge in [0, 0.05) is 28.0 Å². The second-order valence-corrected chi connectivity index (χ2v) is 8.78. The number of hydrogen-bond acceptors (Lipinski definition) is 2. The number of hydrogen-bond donors (Lipinski definition) is 0. The van der Waals surface area contributed by atoms with Gasteiger partial charge in [-0.1, -0.05) is 50.1 Å². The first kappa shape index (κ1) is 15.8. The van der Waals surface area contributed by atoms with Gasteiger partial charge in [-0.15, -0.1) is 0 Å². The molecule has 3 aromatic carbocycles. The molecule has 2 heterocycles. The molecule has 0 amide bonds. The van der Waals surface area contributed by atoms with E-state index in [1.165, 1.54) is 5.56 Å². The van der Waals surface area contributed by atoms with Crippen LogP contribution in [0.5, 0.6) is 0 Å². The summed E-state index contributed by atoms with van der Waals surface area (Å²) in [5.41, 5.74) is 6.69. The Labute approximate surface area is 201 Å². The van der Waals surface area contributed by atoms with Crippen molar-refractivity contribution in [1.29, 1.82) is 5.26 Å². The van der Waals surface area contributed by atoms with Crippen LogP contribution in [0.2, 0.25) is 0 Å². The molecule has 0 saturated carbocycles. The van der Waals surface area contributed by atoms with E-state index in [1.54, 1.807) is 12.1 Å². The normalized spacial score (nSPS) is 13.5. The minimum atomic E-state index is -0.454. The summed E-state index contributed by atoms with van der Waals surface area (Å²) in [7, 11) is 1.99. The fourth-order valence-electron chi connectivity index (χ4n) is 4.63. The fraction of sp³-hybridized carbons (Fsp3) is 0.200. The van der Waals surface area contributed by atoms with Crippen LogP contribution in [0.15, 0.2) is 71.2 Å². The average molecular weight is 437 g/mol. The number of furan rings is 1. The maximum Gasteiger partial charge on any atom is 0.216 e. The first-order valence-electron chi connectivity index (χ1n) is 13.4. The van der Waals surface area contributed by atoms with E-state index in [1.807, 2.05) is 20.9 Å². The highest BCUT2D eigenvalue weighted by Crippen LogP contribution is 2.43. The maximum atomic E-state index is 10.0. The summed E-state index contributed by atoms with van der Waals surface area (Å²) < 4.78 is 50.0. The molecule has 0 unspecified atom stereocenters. The molecule has 3 heteroatoms. The lowest BCUT2D eigenvalue weighted by atomic mass is 9.93. The average Bonchev–Trinajstić information content (AvgIpc) is 3.28. The SMILES string of the molecule is [2H]c1c([2H])c([2H])c(-c2ccc(C#N)c3c2oc2c(-c4ccc(C(C)C)c[n+]4C)c(C)cc(C)c23)c([2H])c1[2H]. The molecule has 5 aromatic rings. The van der Waals surface area contributed by atoms with Gasteiger partial charge in [0.15, 0.2) is 6.20 Å².